The number of benzene rings is 2. The van der Waals surface area contributed by atoms with Crippen molar-refractivity contribution < 1.29 is 13.6 Å². The smallest absolute Gasteiger partial charge is 0.162 e. The van der Waals surface area contributed by atoms with Crippen LogP contribution in [0, 0.1) is 11.6 Å². The summed E-state index contributed by atoms with van der Waals surface area (Å²) in [5.41, 5.74) is 3.88. The van der Waals surface area contributed by atoms with E-state index >= 15 is 0 Å². The van der Waals surface area contributed by atoms with Gasteiger partial charge in [-0.05, 0) is 67.4 Å². The highest BCUT2D eigenvalue weighted by atomic mass is 19.1. The second kappa shape index (κ2) is 7.00. The van der Waals surface area contributed by atoms with Crippen LogP contribution in [-0.2, 0) is 13.0 Å². The molecule has 3 aromatic rings. The summed E-state index contributed by atoms with van der Waals surface area (Å²) in [6.07, 6.45) is 2.10. The number of nitrogens with one attached hydrogen (secondary N) is 1. The summed E-state index contributed by atoms with van der Waals surface area (Å²) in [4.78, 5) is 17.9. The first-order valence-corrected chi connectivity index (χ1v) is 8.90. The van der Waals surface area contributed by atoms with Gasteiger partial charge in [-0.25, -0.2) is 8.78 Å². The molecule has 134 valence electrons. The van der Waals surface area contributed by atoms with Crippen LogP contribution in [0.2, 0.25) is 0 Å². The largest absolute Gasteiger partial charge is 0.357 e. The van der Waals surface area contributed by atoms with E-state index in [2.05, 4.69) is 9.88 Å². The molecule has 0 unspecified atom stereocenters. The SMILES string of the molecule is O=C(CCCN1CCc2c([nH]c3ccc(F)cc23)C1)c1ccc(F)cc1. The topological polar surface area (TPSA) is 36.1 Å². The zero-order chi connectivity index (χ0) is 18.1. The molecule has 1 aromatic heterocycles. The van der Waals surface area contributed by atoms with Crippen LogP contribution in [0.1, 0.15) is 34.5 Å². The molecule has 0 saturated heterocycles. The van der Waals surface area contributed by atoms with E-state index in [-0.39, 0.29) is 17.4 Å². The first-order valence-electron chi connectivity index (χ1n) is 8.90. The van der Waals surface area contributed by atoms with Crippen LogP contribution in [0.25, 0.3) is 10.9 Å². The molecular weight excluding hydrogens is 334 g/mol. The third kappa shape index (κ3) is 3.40. The maximum Gasteiger partial charge on any atom is 0.162 e. The lowest BCUT2D eigenvalue weighted by Crippen LogP contribution is -2.31. The van der Waals surface area contributed by atoms with E-state index < -0.39 is 0 Å². The quantitative estimate of drug-likeness (QED) is 0.687. The van der Waals surface area contributed by atoms with E-state index in [9.17, 15) is 13.6 Å². The Morgan fingerprint density at radius 3 is 2.65 bits per heavy atom. The lowest BCUT2D eigenvalue weighted by Gasteiger charge is -2.26. The van der Waals surface area contributed by atoms with Crippen LogP contribution in [0.15, 0.2) is 42.5 Å². The normalized spacial score (nSPS) is 14.5. The number of carbonyl (C=O) groups excluding carboxylic acids is 1. The molecule has 0 bridgehead atoms. The molecule has 0 atom stereocenters. The van der Waals surface area contributed by atoms with Crippen LogP contribution in [0.5, 0.6) is 0 Å². The summed E-state index contributed by atoms with van der Waals surface area (Å²) in [7, 11) is 0. The third-order valence-electron chi connectivity index (χ3n) is 5.06. The molecular formula is C21H20F2N2O. The molecule has 2 aromatic carbocycles. The number of halogens is 2. The molecule has 0 spiro atoms. The second-order valence-corrected chi connectivity index (χ2v) is 6.83. The van der Waals surface area contributed by atoms with Crippen LogP contribution >= 0.6 is 0 Å². The standard InChI is InChI=1S/C21H20F2N2O/c22-15-5-3-14(4-6-15)21(26)2-1-10-25-11-9-17-18-12-16(23)7-8-19(18)24-20(17)13-25/h3-8,12,24H,1-2,9-11,13H2. The number of carbonyl (C=O) groups is 1. The minimum absolute atomic E-state index is 0.0452. The van der Waals surface area contributed by atoms with Crippen molar-refractivity contribution in [2.24, 2.45) is 0 Å². The van der Waals surface area contributed by atoms with Gasteiger partial charge in [0.2, 0.25) is 0 Å². The molecule has 1 aliphatic rings. The van der Waals surface area contributed by atoms with Gasteiger partial charge in [0, 0.05) is 41.7 Å². The molecule has 1 aliphatic heterocycles. The Balaban J connectivity index is 1.35. The fourth-order valence-electron chi connectivity index (χ4n) is 3.70. The van der Waals surface area contributed by atoms with Crippen molar-refractivity contribution in [3.05, 3.63) is 70.9 Å². The van der Waals surface area contributed by atoms with Crippen molar-refractivity contribution in [1.82, 2.24) is 9.88 Å². The van der Waals surface area contributed by atoms with Gasteiger partial charge in [0.15, 0.2) is 5.78 Å². The summed E-state index contributed by atoms with van der Waals surface area (Å²) in [6, 6.07) is 10.6. The molecule has 0 aliphatic carbocycles. The minimum atomic E-state index is -0.330. The molecule has 1 N–H and O–H groups in total. The van der Waals surface area contributed by atoms with Crippen LogP contribution in [0.4, 0.5) is 8.78 Å². The van der Waals surface area contributed by atoms with Gasteiger partial charge >= 0.3 is 0 Å². The number of hydrogen-bond acceptors (Lipinski definition) is 2. The summed E-state index contributed by atoms with van der Waals surface area (Å²) in [5.74, 6) is -0.492. The molecule has 0 saturated carbocycles. The first kappa shape index (κ1) is 16.9. The number of ketones is 1. The number of aromatic nitrogens is 1. The summed E-state index contributed by atoms with van der Waals surface area (Å²) in [6.45, 7) is 2.52. The van der Waals surface area contributed by atoms with Crippen LogP contribution in [0.3, 0.4) is 0 Å². The van der Waals surface area contributed by atoms with Crippen molar-refractivity contribution in [2.75, 3.05) is 13.1 Å². The summed E-state index contributed by atoms with van der Waals surface area (Å²) >= 11 is 0. The monoisotopic (exact) mass is 354 g/mol. The fraction of sp³-hybridized carbons (Fsp3) is 0.286. The van der Waals surface area contributed by atoms with Crippen LogP contribution in [-0.4, -0.2) is 28.8 Å². The van der Waals surface area contributed by atoms with E-state index in [0.29, 0.717) is 12.0 Å². The molecule has 0 fully saturated rings. The summed E-state index contributed by atoms with van der Waals surface area (Å²) in [5, 5.41) is 0.978. The average molecular weight is 354 g/mol. The van der Waals surface area contributed by atoms with E-state index in [1.165, 1.54) is 35.9 Å². The summed E-state index contributed by atoms with van der Waals surface area (Å²) < 4.78 is 26.4. The van der Waals surface area contributed by atoms with Gasteiger partial charge in [-0.2, -0.15) is 0 Å². The zero-order valence-electron chi connectivity index (χ0n) is 14.4. The van der Waals surface area contributed by atoms with E-state index in [1.807, 2.05) is 0 Å². The lowest BCUT2D eigenvalue weighted by atomic mass is 10.0. The Labute approximate surface area is 150 Å². The average Bonchev–Trinajstić information content (AvgIpc) is 2.99. The van der Waals surface area contributed by atoms with Crippen molar-refractivity contribution in [3.8, 4) is 0 Å². The molecule has 2 heterocycles. The number of Topliss-reactive ketones (excluding diaryl/α,β-unsaturated/α-hetero) is 1. The third-order valence-corrected chi connectivity index (χ3v) is 5.06. The number of rotatable bonds is 5. The Hall–Kier alpha value is -2.53. The number of H-pyrrole nitrogens is 1. The Morgan fingerprint density at radius 2 is 1.85 bits per heavy atom. The second-order valence-electron chi connectivity index (χ2n) is 6.83. The predicted octanol–water partition coefficient (Wildman–Crippen LogP) is 4.47. The maximum atomic E-state index is 13.5. The number of hydrogen-bond donors (Lipinski definition) is 1. The molecule has 5 heteroatoms. The van der Waals surface area contributed by atoms with E-state index in [0.717, 1.165) is 49.1 Å². The van der Waals surface area contributed by atoms with Gasteiger partial charge in [-0.1, -0.05) is 0 Å². The maximum absolute atomic E-state index is 13.5. The molecule has 26 heavy (non-hydrogen) atoms. The molecule has 3 nitrogen and oxygen atoms in total. The van der Waals surface area contributed by atoms with Gasteiger partial charge in [0.25, 0.3) is 0 Å². The minimum Gasteiger partial charge on any atom is -0.357 e. The molecule has 4 rings (SSSR count). The Morgan fingerprint density at radius 1 is 1.08 bits per heavy atom. The fourth-order valence-corrected chi connectivity index (χ4v) is 3.70. The highest BCUT2D eigenvalue weighted by molar-refractivity contribution is 5.95. The van der Waals surface area contributed by atoms with Gasteiger partial charge < -0.3 is 4.98 Å². The number of fused-ring (bicyclic) bond motifs is 3. The van der Waals surface area contributed by atoms with Crippen molar-refractivity contribution in [3.63, 3.8) is 0 Å². The molecule has 0 amide bonds. The van der Waals surface area contributed by atoms with Gasteiger partial charge in [0.05, 0.1) is 0 Å². The number of aromatic amines is 1. The predicted molar refractivity (Wildman–Crippen MR) is 97.2 cm³/mol. The Kier molecular flexibility index (Phi) is 4.55. The Bertz CT molecular complexity index is 947. The van der Waals surface area contributed by atoms with Crippen LogP contribution < -0.4 is 0 Å². The van der Waals surface area contributed by atoms with Crippen molar-refractivity contribution in [1.29, 1.82) is 0 Å². The highest BCUT2D eigenvalue weighted by Crippen LogP contribution is 2.28. The van der Waals surface area contributed by atoms with Gasteiger partial charge in [-0.15, -0.1) is 0 Å². The van der Waals surface area contributed by atoms with E-state index in [1.54, 1.807) is 12.1 Å². The first-order chi connectivity index (χ1) is 12.6. The zero-order valence-corrected chi connectivity index (χ0v) is 14.4. The van der Waals surface area contributed by atoms with Crippen molar-refractivity contribution in [2.45, 2.75) is 25.8 Å². The van der Waals surface area contributed by atoms with Gasteiger partial charge in [-0.3, -0.25) is 9.69 Å². The molecule has 0 radical (unpaired) electrons. The van der Waals surface area contributed by atoms with E-state index in [4.69, 9.17) is 0 Å². The highest BCUT2D eigenvalue weighted by Gasteiger charge is 2.20. The lowest BCUT2D eigenvalue weighted by molar-refractivity contribution is 0.0973. The van der Waals surface area contributed by atoms with Gasteiger partial charge in [0.1, 0.15) is 11.6 Å². The van der Waals surface area contributed by atoms with Crippen molar-refractivity contribution >= 4 is 16.7 Å². The number of nitrogens with zero attached hydrogens (tertiary/aromatic N) is 1.